The summed E-state index contributed by atoms with van der Waals surface area (Å²) in [6.45, 7) is 6.53. The fourth-order valence-electron chi connectivity index (χ4n) is 2.55. The maximum absolute atomic E-state index is 6.40. The van der Waals surface area contributed by atoms with Crippen LogP contribution in [0, 0.1) is 0 Å². The highest BCUT2D eigenvalue weighted by Crippen LogP contribution is 2.38. The van der Waals surface area contributed by atoms with Gasteiger partial charge in [0.1, 0.15) is 0 Å². The van der Waals surface area contributed by atoms with Crippen molar-refractivity contribution in [3.8, 4) is 11.6 Å². The molecule has 1 aliphatic heterocycles. The summed E-state index contributed by atoms with van der Waals surface area (Å²) in [6, 6.07) is 5.05. The molecule has 1 aliphatic rings. The Morgan fingerprint density at radius 2 is 1.89 bits per heavy atom. The molecule has 2 aromatic rings. The zero-order valence-corrected chi connectivity index (χ0v) is 20.6. The van der Waals surface area contributed by atoms with Crippen LogP contribution in [0.25, 0.3) is 0 Å². The number of hydrogen-bond donors (Lipinski definition) is 0. The topological polar surface area (TPSA) is 62.7 Å². The molecule has 0 spiro atoms. The summed E-state index contributed by atoms with van der Waals surface area (Å²) in [5, 5.41) is 8.72. The fraction of sp³-hybridized carbons (Fsp3) is 0.375. The summed E-state index contributed by atoms with van der Waals surface area (Å²) in [7, 11) is -0.534. The predicted octanol–water partition coefficient (Wildman–Crippen LogP) is 5.77. The summed E-state index contributed by atoms with van der Waals surface area (Å²) in [6.07, 6.45) is -0.256. The normalized spacial score (nSPS) is 17.5. The number of nitrogens with zero attached hydrogens (tertiary/aromatic N) is 2. The average molecular weight is 575 g/mol. The number of rotatable bonds is 6. The molecule has 0 bridgehead atoms. The van der Waals surface area contributed by atoms with Crippen LogP contribution in [0.1, 0.15) is 32.4 Å². The van der Waals surface area contributed by atoms with Crippen LogP contribution in [-0.2, 0) is 13.8 Å². The molecule has 6 nitrogen and oxygen atoms in total. The second kappa shape index (κ2) is 9.48. The Balaban J connectivity index is 1.84. The van der Waals surface area contributed by atoms with Crippen LogP contribution in [0.5, 0.6) is 11.6 Å². The first kappa shape index (κ1) is 22.8. The molecule has 3 rings (SSSR count). The Morgan fingerprint density at radius 1 is 1.21 bits per heavy atom. The molecule has 1 aromatic carbocycles. The molecule has 0 N–H and O–H groups in total. The summed E-state index contributed by atoms with van der Waals surface area (Å²) in [5.74, 6) is 0.467. The number of halogens is 4. The minimum absolute atomic E-state index is 0.206. The molecule has 28 heavy (non-hydrogen) atoms. The maximum atomic E-state index is 6.40. The molecule has 2 atom stereocenters. The van der Waals surface area contributed by atoms with Gasteiger partial charge in [-0.25, -0.2) is 0 Å². The second-order valence-corrected chi connectivity index (χ2v) is 9.59. The Bertz CT molecular complexity index is 857. The van der Waals surface area contributed by atoms with E-state index in [1.165, 1.54) is 0 Å². The maximum Gasteiger partial charge on any atom is 0.494 e. The highest BCUT2D eigenvalue weighted by Gasteiger charge is 2.38. The van der Waals surface area contributed by atoms with Gasteiger partial charge in [0, 0.05) is 11.6 Å². The van der Waals surface area contributed by atoms with Crippen molar-refractivity contribution in [3.05, 3.63) is 39.0 Å². The van der Waals surface area contributed by atoms with E-state index in [2.05, 4.69) is 32.2 Å². The van der Waals surface area contributed by atoms with Gasteiger partial charge >= 0.3 is 7.12 Å². The Labute approximate surface area is 193 Å². The van der Waals surface area contributed by atoms with Gasteiger partial charge in [-0.1, -0.05) is 34.8 Å². The van der Waals surface area contributed by atoms with Crippen LogP contribution in [0.15, 0.2) is 18.2 Å². The van der Waals surface area contributed by atoms with Crippen molar-refractivity contribution in [1.82, 2.24) is 10.2 Å². The van der Waals surface area contributed by atoms with E-state index < -0.39 is 7.12 Å². The lowest BCUT2D eigenvalue weighted by atomic mass is 9.79. The third kappa shape index (κ3) is 5.40. The number of aromatic nitrogens is 2. The molecule has 2 heterocycles. The SMILES string of the molecule is CC(OPI)c1cc(Oc2c(Cl)cc(B3OCC(C)(C)O3)cc2Cl)nnc1Cl. The van der Waals surface area contributed by atoms with Crippen LogP contribution >= 0.6 is 63.3 Å². The van der Waals surface area contributed by atoms with Gasteiger partial charge in [0.2, 0.25) is 5.88 Å². The summed E-state index contributed by atoms with van der Waals surface area (Å²) in [5.41, 5.74) is 1.00. The third-order valence-corrected chi connectivity index (χ3v) is 5.98. The Kier molecular flexibility index (Phi) is 7.70. The van der Waals surface area contributed by atoms with Crippen molar-refractivity contribution in [2.24, 2.45) is 0 Å². The van der Waals surface area contributed by atoms with Crippen molar-refractivity contribution < 1.29 is 18.6 Å². The quantitative estimate of drug-likeness (QED) is 0.248. The van der Waals surface area contributed by atoms with Gasteiger partial charge in [-0.15, -0.1) is 10.2 Å². The van der Waals surface area contributed by atoms with E-state index in [9.17, 15) is 0 Å². The van der Waals surface area contributed by atoms with Crippen molar-refractivity contribution in [2.75, 3.05) is 6.61 Å². The zero-order chi connectivity index (χ0) is 20.5. The van der Waals surface area contributed by atoms with E-state index in [1.807, 2.05) is 20.8 Å². The molecule has 1 aromatic heterocycles. The van der Waals surface area contributed by atoms with Crippen molar-refractivity contribution in [1.29, 1.82) is 0 Å². The standard InChI is InChI=1S/C16H16BCl3IN2O4P/c1-8(26-28-21)10-6-13(22-23-15(10)20)25-14-11(18)4-9(5-12(14)19)17-24-7-16(2,3)27-17/h4-6,8,28H,7H2,1-3H3. The molecule has 0 saturated carbocycles. The number of ether oxygens (including phenoxy) is 1. The summed E-state index contributed by atoms with van der Waals surface area (Å²) >= 11 is 21.1. The average Bonchev–Trinajstić information content (AvgIpc) is 2.99. The number of benzene rings is 1. The van der Waals surface area contributed by atoms with Gasteiger partial charge in [-0.2, -0.15) is 0 Å². The first-order valence-electron chi connectivity index (χ1n) is 8.21. The van der Waals surface area contributed by atoms with Gasteiger partial charge in [-0.3, -0.25) is 0 Å². The van der Waals surface area contributed by atoms with Gasteiger partial charge in [-0.05, 0) is 60.4 Å². The molecule has 0 amide bonds. The van der Waals surface area contributed by atoms with Crippen molar-refractivity contribution in [3.63, 3.8) is 0 Å². The van der Waals surface area contributed by atoms with Gasteiger partial charge < -0.3 is 18.6 Å². The van der Waals surface area contributed by atoms with E-state index in [0.717, 1.165) is 0 Å². The first-order valence-corrected chi connectivity index (χ1v) is 13.4. The molecule has 150 valence electrons. The van der Waals surface area contributed by atoms with E-state index >= 15 is 0 Å². The highest BCUT2D eigenvalue weighted by molar-refractivity contribution is 14.2. The lowest BCUT2D eigenvalue weighted by molar-refractivity contribution is 0.137. The van der Waals surface area contributed by atoms with Gasteiger partial charge in [0.25, 0.3) is 0 Å². The molecule has 1 fully saturated rings. The lowest BCUT2D eigenvalue weighted by Crippen LogP contribution is -2.34. The Hall–Kier alpha value is 0.0749. The molecule has 2 unspecified atom stereocenters. The third-order valence-electron chi connectivity index (χ3n) is 3.92. The fourth-order valence-corrected chi connectivity index (χ4v) is 4.79. The van der Waals surface area contributed by atoms with Gasteiger partial charge in [0.05, 0.1) is 34.8 Å². The minimum atomic E-state index is -0.534. The monoisotopic (exact) mass is 574 g/mol. The van der Waals surface area contributed by atoms with E-state index in [0.29, 0.717) is 27.7 Å². The lowest BCUT2D eigenvalue weighted by Gasteiger charge is -2.16. The molecule has 0 radical (unpaired) electrons. The molecular formula is C16H16BCl3IN2O4P. The van der Waals surface area contributed by atoms with Crippen LogP contribution < -0.4 is 10.2 Å². The van der Waals surface area contributed by atoms with Crippen LogP contribution in [0.2, 0.25) is 15.2 Å². The Morgan fingerprint density at radius 3 is 2.46 bits per heavy atom. The van der Waals surface area contributed by atoms with Crippen LogP contribution in [0.4, 0.5) is 0 Å². The van der Waals surface area contributed by atoms with E-state index in [4.69, 9.17) is 53.4 Å². The minimum Gasteiger partial charge on any atom is -0.434 e. The number of hydrogen-bond acceptors (Lipinski definition) is 6. The van der Waals surface area contributed by atoms with E-state index in [1.54, 1.807) is 18.2 Å². The molecular weight excluding hydrogens is 559 g/mol. The molecule has 1 saturated heterocycles. The largest absolute Gasteiger partial charge is 0.494 e. The first-order chi connectivity index (χ1) is 13.2. The van der Waals surface area contributed by atoms with Crippen molar-refractivity contribution >= 4 is 75.9 Å². The molecule has 12 heteroatoms. The second-order valence-electron chi connectivity index (χ2n) is 6.70. The zero-order valence-electron chi connectivity index (χ0n) is 15.1. The summed E-state index contributed by atoms with van der Waals surface area (Å²) < 4.78 is 22.9. The van der Waals surface area contributed by atoms with Gasteiger partial charge in [0.15, 0.2) is 10.9 Å². The predicted molar refractivity (Wildman–Crippen MR) is 122 cm³/mol. The van der Waals surface area contributed by atoms with Crippen LogP contribution in [0.3, 0.4) is 0 Å². The van der Waals surface area contributed by atoms with Crippen LogP contribution in [-0.4, -0.2) is 29.5 Å². The molecule has 0 aliphatic carbocycles. The van der Waals surface area contributed by atoms with E-state index in [-0.39, 0.29) is 34.9 Å². The highest BCUT2D eigenvalue weighted by atomic mass is 127. The van der Waals surface area contributed by atoms with Crippen molar-refractivity contribution in [2.45, 2.75) is 32.5 Å². The summed E-state index contributed by atoms with van der Waals surface area (Å²) in [4.78, 5) is 0. The smallest absolute Gasteiger partial charge is 0.434 e.